The van der Waals surface area contributed by atoms with Gasteiger partial charge in [-0.15, -0.1) is 0 Å². The third-order valence-electron chi connectivity index (χ3n) is 3.47. The summed E-state index contributed by atoms with van der Waals surface area (Å²) in [6.45, 7) is 0. The van der Waals surface area contributed by atoms with E-state index in [0.29, 0.717) is 18.6 Å². The number of hydrogen-bond donors (Lipinski definition) is 1. The zero-order valence-corrected chi connectivity index (χ0v) is 9.12. The Morgan fingerprint density at radius 3 is 2.27 bits per heavy atom. The number of ketones is 1. The first-order valence-electron chi connectivity index (χ1n) is 5.53. The first-order valence-corrected chi connectivity index (χ1v) is 5.53. The Balaban J connectivity index is 2.26. The van der Waals surface area contributed by atoms with Crippen LogP contribution in [0.3, 0.4) is 0 Å². The van der Waals surface area contributed by atoms with Crippen molar-refractivity contribution in [2.75, 3.05) is 7.05 Å². The molecule has 0 radical (unpaired) electrons. The van der Waals surface area contributed by atoms with E-state index in [9.17, 15) is 4.79 Å². The molecule has 1 fully saturated rings. The molecule has 0 aromatic heterocycles. The van der Waals surface area contributed by atoms with E-state index in [1.165, 1.54) is 5.56 Å². The summed E-state index contributed by atoms with van der Waals surface area (Å²) in [6, 6.07) is 10.4. The van der Waals surface area contributed by atoms with Crippen LogP contribution in [0.2, 0.25) is 0 Å². The molecule has 2 nitrogen and oxygen atoms in total. The predicted molar refractivity (Wildman–Crippen MR) is 60.7 cm³/mol. The lowest BCUT2D eigenvalue weighted by Crippen LogP contribution is -2.43. The fourth-order valence-electron chi connectivity index (χ4n) is 2.40. The molecule has 0 heterocycles. The number of hydrogen-bond acceptors (Lipinski definition) is 2. The van der Waals surface area contributed by atoms with Crippen LogP contribution in [0.25, 0.3) is 0 Å². The second kappa shape index (κ2) is 4.15. The molecule has 15 heavy (non-hydrogen) atoms. The fourth-order valence-corrected chi connectivity index (χ4v) is 2.40. The lowest BCUT2D eigenvalue weighted by atomic mass is 9.76. The van der Waals surface area contributed by atoms with E-state index >= 15 is 0 Å². The minimum absolute atomic E-state index is 0.0230. The molecular weight excluding hydrogens is 186 g/mol. The minimum Gasteiger partial charge on any atom is -0.310 e. The third kappa shape index (κ3) is 1.95. The van der Waals surface area contributed by atoms with Crippen molar-refractivity contribution in [3.8, 4) is 0 Å². The average molecular weight is 203 g/mol. The molecule has 0 spiro atoms. The molecule has 1 saturated carbocycles. The van der Waals surface area contributed by atoms with Gasteiger partial charge in [-0.05, 0) is 25.5 Å². The highest BCUT2D eigenvalue weighted by Crippen LogP contribution is 2.35. The monoisotopic (exact) mass is 203 g/mol. The molecule has 0 bridgehead atoms. The zero-order valence-electron chi connectivity index (χ0n) is 9.12. The molecule has 0 atom stereocenters. The van der Waals surface area contributed by atoms with E-state index in [2.05, 4.69) is 29.6 Å². The average Bonchev–Trinajstić information content (AvgIpc) is 2.32. The number of carbonyl (C=O) groups is 1. The van der Waals surface area contributed by atoms with Crippen molar-refractivity contribution < 1.29 is 4.79 Å². The van der Waals surface area contributed by atoms with E-state index < -0.39 is 0 Å². The maximum Gasteiger partial charge on any atom is 0.133 e. The lowest BCUT2D eigenvalue weighted by Gasteiger charge is -2.37. The summed E-state index contributed by atoms with van der Waals surface area (Å²) >= 11 is 0. The molecule has 80 valence electrons. The largest absolute Gasteiger partial charge is 0.310 e. The Labute approximate surface area is 90.7 Å². The Bertz CT molecular complexity index is 335. The summed E-state index contributed by atoms with van der Waals surface area (Å²) in [5, 5.41) is 3.40. The zero-order chi connectivity index (χ0) is 10.7. The van der Waals surface area contributed by atoms with Crippen LogP contribution in [0.4, 0.5) is 0 Å². The molecule has 0 unspecified atom stereocenters. The van der Waals surface area contributed by atoms with Crippen molar-refractivity contribution in [1.29, 1.82) is 0 Å². The van der Waals surface area contributed by atoms with Gasteiger partial charge in [-0.3, -0.25) is 4.79 Å². The summed E-state index contributed by atoms with van der Waals surface area (Å²) in [5.74, 6) is 0.400. The lowest BCUT2D eigenvalue weighted by molar-refractivity contribution is -0.121. The highest BCUT2D eigenvalue weighted by Gasteiger charge is 2.34. The number of rotatable bonds is 2. The van der Waals surface area contributed by atoms with E-state index in [-0.39, 0.29) is 5.54 Å². The first kappa shape index (κ1) is 10.4. The van der Waals surface area contributed by atoms with Gasteiger partial charge in [0.2, 0.25) is 0 Å². The van der Waals surface area contributed by atoms with Gasteiger partial charge in [0.1, 0.15) is 5.78 Å². The van der Waals surface area contributed by atoms with Gasteiger partial charge in [-0.1, -0.05) is 30.3 Å². The summed E-state index contributed by atoms with van der Waals surface area (Å²) in [5.41, 5.74) is 1.33. The van der Waals surface area contributed by atoms with Crippen LogP contribution in [-0.2, 0) is 10.3 Å². The molecule has 1 aromatic rings. The smallest absolute Gasteiger partial charge is 0.133 e. The van der Waals surface area contributed by atoms with Crippen LogP contribution in [-0.4, -0.2) is 12.8 Å². The van der Waals surface area contributed by atoms with Crippen molar-refractivity contribution in [3.05, 3.63) is 35.9 Å². The van der Waals surface area contributed by atoms with Gasteiger partial charge >= 0.3 is 0 Å². The van der Waals surface area contributed by atoms with Crippen molar-refractivity contribution in [1.82, 2.24) is 5.32 Å². The molecule has 1 aromatic carbocycles. The van der Waals surface area contributed by atoms with Crippen molar-refractivity contribution in [2.24, 2.45) is 0 Å². The Hall–Kier alpha value is -1.15. The van der Waals surface area contributed by atoms with Crippen LogP contribution in [0.5, 0.6) is 0 Å². The van der Waals surface area contributed by atoms with Crippen LogP contribution in [0, 0.1) is 0 Å². The maximum absolute atomic E-state index is 11.3. The SMILES string of the molecule is CNC1(c2ccccc2)CCC(=O)CC1. The highest BCUT2D eigenvalue weighted by atomic mass is 16.1. The highest BCUT2D eigenvalue weighted by molar-refractivity contribution is 5.79. The number of carbonyl (C=O) groups excluding carboxylic acids is 1. The van der Waals surface area contributed by atoms with E-state index in [1.807, 2.05) is 13.1 Å². The topological polar surface area (TPSA) is 29.1 Å². The van der Waals surface area contributed by atoms with Gasteiger partial charge < -0.3 is 5.32 Å². The number of nitrogens with one attached hydrogen (secondary N) is 1. The maximum atomic E-state index is 11.3. The van der Waals surface area contributed by atoms with Gasteiger partial charge in [0.15, 0.2) is 0 Å². The molecule has 0 amide bonds. The van der Waals surface area contributed by atoms with Crippen molar-refractivity contribution in [3.63, 3.8) is 0 Å². The van der Waals surface area contributed by atoms with Crippen LogP contribution >= 0.6 is 0 Å². The van der Waals surface area contributed by atoms with E-state index in [1.54, 1.807) is 0 Å². The number of benzene rings is 1. The summed E-state index contributed by atoms with van der Waals surface area (Å²) in [6.07, 6.45) is 3.25. The molecule has 2 rings (SSSR count). The summed E-state index contributed by atoms with van der Waals surface area (Å²) < 4.78 is 0. The first-order chi connectivity index (χ1) is 7.27. The van der Waals surface area contributed by atoms with Crippen LogP contribution in [0.1, 0.15) is 31.2 Å². The van der Waals surface area contributed by atoms with E-state index in [4.69, 9.17) is 0 Å². The van der Waals surface area contributed by atoms with Gasteiger partial charge in [-0.2, -0.15) is 0 Å². The molecule has 1 aliphatic rings. The molecule has 1 N–H and O–H groups in total. The van der Waals surface area contributed by atoms with Crippen molar-refractivity contribution in [2.45, 2.75) is 31.2 Å². The Morgan fingerprint density at radius 1 is 1.13 bits per heavy atom. The molecule has 2 heteroatoms. The van der Waals surface area contributed by atoms with Gasteiger partial charge in [0.05, 0.1) is 0 Å². The molecule has 0 saturated heterocycles. The molecule has 0 aliphatic heterocycles. The number of Topliss-reactive ketones (excluding diaryl/α,β-unsaturated/α-hetero) is 1. The standard InChI is InChI=1S/C13H17NO/c1-14-13(9-7-12(15)8-10-13)11-5-3-2-4-6-11/h2-6,14H,7-10H2,1H3. The Morgan fingerprint density at radius 2 is 1.73 bits per heavy atom. The fraction of sp³-hybridized carbons (Fsp3) is 0.462. The molecular formula is C13H17NO. The quantitative estimate of drug-likeness (QED) is 0.798. The van der Waals surface area contributed by atoms with Gasteiger partial charge in [0, 0.05) is 18.4 Å². The van der Waals surface area contributed by atoms with Gasteiger partial charge in [0.25, 0.3) is 0 Å². The minimum atomic E-state index is 0.0230. The predicted octanol–water partition coefficient (Wildman–Crippen LogP) is 2.24. The van der Waals surface area contributed by atoms with Crippen molar-refractivity contribution >= 4 is 5.78 Å². The van der Waals surface area contributed by atoms with Crippen LogP contribution in [0.15, 0.2) is 30.3 Å². The van der Waals surface area contributed by atoms with Gasteiger partial charge in [-0.25, -0.2) is 0 Å². The second-order valence-corrected chi connectivity index (χ2v) is 4.24. The normalized spacial score (nSPS) is 20.2. The second-order valence-electron chi connectivity index (χ2n) is 4.24. The van der Waals surface area contributed by atoms with E-state index in [0.717, 1.165) is 12.8 Å². The molecule has 1 aliphatic carbocycles. The summed E-state index contributed by atoms with van der Waals surface area (Å²) in [7, 11) is 1.99. The summed E-state index contributed by atoms with van der Waals surface area (Å²) in [4.78, 5) is 11.3. The van der Waals surface area contributed by atoms with Crippen LogP contribution < -0.4 is 5.32 Å². The Kier molecular flexibility index (Phi) is 2.87. The third-order valence-corrected chi connectivity index (χ3v) is 3.47.